The van der Waals surface area contributed by atoms with Gasteiger partial charge in [0.05, 0.1) is 18.6 Å². The normalized spacial score (nSPS) is 12.0. The van der Waals surface area contributed by atoms with Gasteiger partial charge in [0.15, 0.2) is 0 Å². The van der Waals surface area contributed by atoms with Gasteiger partial charge in [0, 0.05) is 24.0 Å². The van der Waals surface area contributed by atoms with Crippen LogP contribution in [0.5, 0.6) is 5.75 Å². The summed E-state index contributed by atoms with van der Waals surface area (Å²) in [4.78, 5) is 29.2. The lowest BCUT2D eigenvalue weighted by atomic mass is 10.0. The van der Waals surface area contributed by atoms with E-state index in [9.17, 15) is 18.0 Å². The molecule has 10 heteroatoms. The zero-order chi connectivity index (χ0) is 30.0. The molecule has 0 saturated heterocycles. The van der Waals surface area contributed by atoms with E-state index in [-0.39, 0.29) is 24.8 Å². The van der Waals surface area contributed by atoms with Crippen LogP contribution in [0.15, 0.2) is 83.3 Å². The number of nitrogens with zero attached hydrogens (tertiary/aromatic N) is 2. The molecule has 1 N–H and O–H groups in total. The van der Waals surface area contributed by atoms with Crippen molar-refractivity contribution in [1.82, 2.24) is 10.2 Å². The zero-order valence-corrected chi connectivity index (χ0v) is 26.3. The first-order valence-electron chi connectivity index (χ1n) is 13.5. The molecule has 3 aromatic rings. The van der Waals surface area contributed by atoms with Crippen molar-refractivity contribution in [2.75, 3.05) is 30.3 Å². The van der Waals surface area contributed by atoms with E-state index in [1.165, 1.54) is 4.90 Å². The molecule has 0 heterocycles. The summed E-state index contributed by atoms with van der Waals surface area (Å²) in [5.41, 5.74) is 2.03. The molecule has 8 nitrogen and oxygen atoms in total. The van der Waals surface area contributed by atoms with Gasteiger partial charge in [-0.25, -0.2) is 8.42 Å². The van der Waals surface area contributed by atoms with Crippen molar-refractivity contribution in [1.29, 1.82) is 0 Å². The molecule has 0 bridgehead atoms. The highest BCUT2D eigenvalue weighted by atomic mass is 79.9. The van der Waals surface area contributed by atoms with Crippen LogP contribution in [0.3, 0.4) is 0 Å². The maximum absolute atomic E-state index is 14.1. The number of ether oxygens (including phenoxy) is 1. The zero-order valence-electron chi connectivity index (χ0n) is 23.9. The predicted molar refractivity (Wildman–Crippen MR) is 166 cm³/mol. The van der Waals surface area contributed by atoms with Crippen molar-refractivity contribution in [2.45, 2.75) is 39.8 Å². The molecule has 0 aliphatic carbocycles. The Bertz CT molecular complexity index is 1380. The molecular weight excluding hydrogens is 606 g/mol. The van der Waals surface area contributed by atoms with E-state index in [4.69, 9.17) is 4.74 Å². The Balaban J connectivity index is 2.02. The van der Waals surface area contributed by atoms with E-state index in [0.29, 0.717) is 24.6 Å². The monoisotopic (exact) mass is 643 g/mol. The van der Waals surface area contributed by atoms with E-state index < -0.39 is 28.5 Å². The highest BCUT2D eigenvalue weighted by Crippen LogP contribution is 2.23. The Morgan fingerprint density at radius 2 is 1.56 bits per heavy atom. The van der Waals surface area contributed by atoms with Gasteiger partial charge in [0.2, 0.25) is 21.8 Å². The van der Waals surface area contributed by atoms with Crippen molar-refractivity contribution in [3.63, 3.8) is 0 Å². The van der Waals surface area contributed by atoms with Crippen molar-refractivity contribution in [3.05, 3.63) is 94.5 Å². The summed E-state index contributed by atoms with van der Waals surface area (Å²) in [6, 6.07) is 22.6. The quantitative estimate of drug-likeness (QED) is 0.266. The lowest BCUT2D eigenvalue weighted by molar-refractivity contribution is -0.140. The van der Waals surface area contributed by atoms with Crippen molar-refractivity contribution < 1.29 is 22.7 Å². The first kappa shape index (κ1) is 32.1. The van der Waals surface area contributed by atoms with E-state index >= 15 is 0 Å². The molecule has 0 radical (unpaired) electrons. The van der Waals surface area contributed by atoms with Gasteiger partial charge in [-0.1, -0.05) is 72.2 Å². The minimum absolute atomic E-state index is 0.125. The van der Waals surface area contributed by atoms with Crippen LogP contribution in [0, 0.1) is 5.92 Å². The van der Waals surface area contributed by atoms with Crippen LogP contribution in [0.4, 0.5) is 5.69 Å². The van der Waals surface area contributed by atoms with Crippen molar-refractivity contribution in [2.24, 2.45) is 5.92 Å². The van der Waals surface area contributed by atoms with Gasteiger partial charge in [0.1, 0.15) is 18.3 Å². The summed E-state index contributed by atoms with van der Waals surface area (Å²) in [5.74, 6) is 0.0258. The molecule has 220 valence electrons. The molecule has 3 aromatic carbocycles. The number of halogens is 1. The third-order valence-corrected chi connectivity index (χ3v) is 8.01. The fourth-order valence-electron chi connectivity index (χ4n) is 4.25. The van der Waals surface area contributed by atoms with Gasteiger partial charge in [0.25, 0.3) is 0 Å². The van der Waals surface area contributed by atoms with Gasteiger partial charge < -0.3 is 15.0 Å². The van der Waals surface area contributed by atoms with E-state index in [1.54, 1.807) is 24.3 Å². The third kappa shape index (κ3) is 9.89. The number of amides is 2. The van der Waals surface area contributed by atoms with Gasteiger partial charge in [-0.3, -0.25) is 13.9 Å². The number of carbonyl (C=O) groups excluding carboxylic acids is 2. The number of sulfonamides is 1. The molecule has 2 amide bonds. The Hall–Kier alpha value is -3.37. The SMILES string of the molecule is CCOc1ccc(N(CC(=O)N(Cc2ccc(Br)cc2)C(Cc2ccccc2)C(=O)NCC(C)C)S(C)(=O)=O)cc1. The molecule has 0 aliphatic heterocycles. The molecule has 1 atom stereocenters. The van der Waals surface area contributed by atoms with Gasteiger partial charge in [-0.05, 0) is 60.4 Å². The van der Waals surface area contributed by atoms with Crippen LogP contribution in [0.2, 0.25) is 0 Å². The van der Waals surface area contributed by atoms with Gasteiger partial charge >= 0.3 is 0 Å². The Morgan fingerprint density at radius 3 is 2.12 bits per heavy atom. The Labute approximate surface area is 251 Å². The van der Waals surface area contributed by atoms with Crippen LogP contribution >= 0.6 is 15.9 Å². The van der Waals surface area contributed by atoms with Gasteiger partial charge in [-0.2, -0.15) is 0 Å². The Morgan fingerprint density at radius 1 is 0.927 bits per heavy atom. The lowest BCUT2D eigenvalue weighted by Crippen LogP contribution is -2.53. The van der Waals surface area contributed by atoms with Crippen LogP contribution in [-0.4, -0.2) is 57.1 Å². The molecule has 0 spiro atoms. The van der Waals surface area contributed by atoms with Crippen LogP contribution in [0.1, 0.15) is 31.9 Å². The number of anilines is 1. The molecule has 0 aromatic heterocycles. The first-order valence-corrected chi connectivity index (χ1v) is 16.2. The number of hydrogen-bond donors (Lipinski definition) is 1. The highest BCUT2D eigenvalue weighted by Gasteiger charge is 2.33. The van der Waals surface area contributed by atoms with Gasteiger partial charge in [-0.15, -0.1) is 0 Å². The lowest BCUT2D eigenvalue weighted by Gasteiger charge is -2.33. The highest BCUT2D eigenvalue weighted by molar-refractivity contribution is 9.10. The summed E-state index contributed by atoms with van der Waals surface area (Å²) < 4.78 is 33.2. The first-order chi connectivity index (χ1) is 19.5. The second-order valence-electron chi connectivity index (χ2n) is 10.2. The smallest absolute Gasteiger partial charge is 0.244 e. The number of carbonyl (C=O) groups is 2. The summed E-state index contributed by atoms with van der Waals surface area (Å²) in [5, 5.41) is 2.98. The predicted octanol–water partition coefficient (Wildman–Crippen LogP) is 5.03. The topological polar surface area (TPSA) is 96.0 Å². The summed E-state index contributed by atoms with van der Waals surface area (Å²) in [6.45, 7) is 6.44. The second-order valence-corrected chi connectivity index (χ2v) is 13.0. The molecule has 41 heavy (non-hydrogen) atoms. The molecule has 1 unspecified atom stereocenters. The maximum atomic E-state index is 14.1. The summed E-state index contributed by atoms with van der Waals surface area (Å²) >= 11 is 3.44. The molecule has 0 aliphatic rings. The molecule has 3 rings (SSSR count). The largest absolute Gasteiger partial charge is 0.494 e. The molecule has 0 saturated carbocycles. The van der Waals surface area contributed by atoms with Crippen molar-refractivity contribution in [3.8, 4) is 5.75 Å². The average molecular weight is 645 g/mol. The van der Waals surface area contributed by atoms with Crippen LogP contribution in [-0.2, 0) is 32.6 Å². The number of benzene rings is 3. The van der Waals surface area contributed by atoms with Crippen LogP contribution in [0.25, 0.3) is 0 Å². The molecule has 0 fully saturated rings. The fourth-order valence-corrected chi connectivity index (χ4v) is 5.37. The number of nitrogens with one attached hydrogen (secondary N) is 1. The maximum Gasteiger partial charge on any atom is 0.244 e. The number of hydrogen-bond acceptors (Lipinski definition) is 5. The summed E-state index contributed by atoms with van der Waals surface area (Å²) in [7, 11) is -3.84. The molecular formula is C31H38BrN3O5S. The minimum Gasteiger partial charge on any atom is -0.494 e. The van der Waals surface area contributed by atoms with Crippen LogP contribution < -0.4 is 14.4 Å². The second kappa shape index (κ2) is 15.0. The van der Waals surface area contributed by atoms with E-state index in [0.717, 1.165) is 26.2 Å². The average Bonchev–Trinajstić information content (AvgIpc) is 2.94. The summed E-state index contributed by atoms with van der Waals surface area (Å²) in [6.07, 6.45) is 1.33. The van der Waals surface area contributed by atoms with Crippen molar-refractivity contribution >= 4 is 43.5 Å². The minimum atomic E-state index is -3.84. The Kier molecular flexibility index (Phi) is 11.8. The van der Waals surface area contributed by atoms with E-state index in [1.807, 2.05) is 75.4 Å². The standard InChI is InChI=1S/C31H38BrN3O5S/c1-5-40-28-17-15-27(16-18-28)35(41(4,38)39)22-30(36)34(21-25-11-13-26(32)14-12-25)29(31(37)33-20-23(2)3)19-24-9-7-6-8-10-24/h6-18,23,29H,5,19-22H2,1-4H3,(H,33,37). The fraction of sp³-hybridized carbons (Fsp3) is 0.355. The number of rotatable bonds is 14. The third-order valence-electron chi connectivity index (χ3n) is 6.34. The van der Waals surface area contributed by atoms with E-state index in [2.05, 4.69) is 21.2 Å².